The van der Waals surface area contributed by atoms with Crippen molar-refractivity contribution in [1.82, 2.24) is 4.72 Å². The van der Waals surface area contributed by atoms with Gasteiger partial charge in [-0.3, -0.25) is 0 Å². The zero-order valence-electron chi connectivity index (χ0n) is 12.7. The Morgan fingerprint density at radius 3 is 2.60 bits per heavy atom. The zero-order chi connectivity index (χ0) is 15.3. The summed E-state index contributed by atoms with van der Waals surface area (Å²) in [7, 11) is -3.39. The zero-order valence-corrected chi connectivity index (χ0v) is 13.5. The summed E-state index contributed by atoms with van der Waals surface area (Å²) in [6.45, 7) is 7.15. The second-order valence-corrected chi connectivity index (χ2v) is 6.07. The molecule has 0 radical (unpaired) electrons. The molecule has 0 saturated heterocycles. The Hall–Kier alpha value is -0.910. The lowest BCUT2D eigenvalue weighted by Gasteiger charge is -2.07. The van der Waals surface area contributed by atoms with Crippen LogP contribution < -0.4 is 4.72 Å². The van der Waals surface area contributed by atoms with Crippen LogP contribution in [-0.4, -0.2) is 27.7 Å². The number of hydrogen-bond acceptors (Lipinski definition) is 3. The van der Waals surface area contributed by atoms with Gasteiger partial charge in [-0.1, -0.05) is 44.6 Å². The monoisotopic (exact) mass is 301 g/mol. The van der Waals surface area contributed by atoms with Gasteiger partial charge in [0.25, 0.3) is 0 Å². The van der Waals surface area contributed by atoms with Crippen molar-refractivity contribution < 1.29 is 13.2 Å². The highest BCUT2D eigenvalue weighted by molar-refractivity contribution is 7.92. The minimum Gasteiger partial charge on any atom is -0.377 e. The lowest BCUT2D eigenvalue weighted by molar-refractivity contribution is 0.158. The van der Waals surface area contributed by atoms with E-state index in [1.165, 1.54) is 11.5 Å². The Morgan fingerprint density at radius 2 is 1.95 bits per heavy atom. The highest BCUT2D eigenvalue weighted by Crippen LogP contribution is 1.95. The number of rotatable bonds is 11. The number of unbranched alkanes of at least 4 members (excludes halogenated alkanes) is 1. The van der Waals surface area contributed by atoms with Gasteiger partial charge in [0.15, 0.2) is 0 Å². The number of sulfonamides is 1. The van der Waals surface area contributed by atoms with Crippen LogP contribution in [-0.2, 0) is 14.8 Å². The van der Waals surface area contributed by atoms with E-state index >= 15 is 0 Å². The first kappa shape index (κ1) is 19.1. The Balaban J connectivity index is 4.05. The van der Waals surface area contributed by atoms with Gasteiger partial charge < -0.3 is 4.74 Å². The van der Waals surface area contributed by atoms with Crippen molar-refractivity contribution in [2.24, 2.45) is 0 Å². The van der Waals surface area contributed by atoms with Gasteiger partial charge in [0.1, 0.15) is 0 Å². The van der Waals surface area contributed by atoms with Gasteiger partial charge in [0.05, 0.1) is 6.61 Å². The predicted molar refractivity (Wildman–Crippen MR) is 85.0 cm³/mol. The average molecular weight is 301 g/mol. The van der Waals surface area contributed by atoms with Gasteiger partial charge >= 0.3 is 0 Å². The Bertz CT molecular complexity index is 411. The van der Waals surface area contributed by atoms with E-state index in [-0.39, 0.29) is 6.04 Å². The molecule has 116 valence electrons. The number of ether oxygens (including phenoxy) is 1. The third-order valence-electron chi connectivity index (χ3n) is 2.37. The van der Waals surface area contributed by atoms with Crippen molar-refractivity contribution in [2.75, 3.05) is 13.2 Å². The van der Waals surface area contributed by atoms with E-state index in [0.29, 0.717) is 6.61 Å². The molecular formula is C15H27NO3S. The van der Waals surface area contributed by atoms with Gasteiger partial charge in [-0.05, 0) is 25.8 Å². The van der Waals surface area contributed by atoms with E-state index in [9.17, 15) is 8.42 Å². The molecule has 0 aliphatic rings. The second-order valence-electron chi connectivity index (χ2n) is 4.47. The number of nitrogens with one attached hydrogen (secondary N) is 1. The van der Waals surface area contributed by atoms with E-state index in [2.05, 4.69) is 11.6 Å². The molecule has 0 aromatic carbocycles. The van der Waals surface area contributed by atoms with Gasteiger partial charge in [-0.15, -0.1) is 0 Å². The molecule has 0 aromatic heterocycles. The third kappa shape index (κ3) is 12.1. The van der Waals surface area contributed by atoms with Gasteiger partial charge in [0, 0.05) is 18.1 Å². The smallest absolute Gasteiger partial charge is 0.234 e. The average Bonchev–Trinajstić information content (AvgIpc) is 2.38. The molecule has 0 fully saturated rings. The van der Waals surface area contributed by atoms with Crippen LogP contribution in [0.25, 0.3) is 0 Å². The van der Waals surface area contributed by atoms with E-state index in [1.807, 2.05) is 19.1 Å². The van der Waals surface area contributed by atoms with Crippen molar-refractivity contribution in [1.29, 1.82) is 0 Å². The van der Waals surface area contributed by atoms with E-state index in [0.717, 1.165) is 25.9 Å². The third-order valence-corrected chi connectivity index (χ3v) is 3.59. The molecule has 20 heavy (non-hydrogen) atoms. The van der Waals surface area contributed by atoms with Crippen molar-refractivity contribution >= 4 is 10.0 Å². The molecule has 4 nitrogen and oxygen atoms in total. The number of allylic oxidation sites excluding steroid dienone is 3. The molecule has 0 aliphatic carbocycles. The van der Waals surface area contributed by atoms with E-state index in [4.69, 9.17) is 4.74 Å². The number of hydrogen-bond donors (Lipinski definition) is 1. The Morgan fingerprint density at radius 1 is 1.20 bits per heavy atom. The Kier molecular flexibility index (Phi) is 11.3. The molecule has 0 spiro atoms. The SMILES string of the molecule is CC/C=C/C=C/S(=O)(=O)N[C@H](C)/C=C\COCCCC. The maximum atomic E-state index is 11.7. The molecule has 0 aliphatic heterocycles. The Labute approximate surface area is 123 Å². The largest absolute Gasteiger partial charge is 0.377 e. The van der Waals surface area contributed by atoms with E-state index < -0.39 is 10.0 Å². The summed E-state index contributed by atoms with van der Waals surface area (Å²) in [4.78, 5) is 0. The molecule has 1 atom stereocenters. The molecule has 0 amide bonds. The maximum absolute atomic E-state index is 11.7. The summed E-state index contributed by atoms with van der Waals surface area (Å²) in [5, 5.41) is 1.17. The quantitative estimate of drug-likeness (QED) is 0.362. The first-order chi connectivity index (χ1) is 9.52. The minimum atomic E-state index is -3.39. The lowest BCUT2D eigenvalue weighted by atomic mass is 10.3. The van der Waals surface area contributed by atoms with Crippen LogP contribution in [0.5, 0.6) is 0 Å². The highest BCUT2D eigenvalue weighted by Gasteiger charge is 2.07. The standard InChI is InChI=1S/C15H27NO3S/c1-4-6-8-9-14-20(17,18)16-15(3)11-10-13-19-12-7-5-2/h6,8-11,14-16H,4-5,7,12-13H2,1-3H3/b8-6+,11-10-,14-9+/t15-/m1/s1. The molecule has 0 rings (SSSR count). The van der Waals surface area contributed by atoms with Crippen molar-refractivity contribution in [2.45, 2.75) is 46.1 Å². The minimum absolute atomic E-state index is 0.255. The van der Waals surface area contributed by atoms with Crippen LogP contribution in [0, 0.1) is 0 Å². The van der Waals surface area contributed by atoms with Crippen LogP contribution in [0.15, 0.2) is 35.8 Å². The lowest BCUT2D eigenvalue weighted by Crippen LogP contribution is -2.29. The second kappa shape index (κ2) is 11.9. The molecule has 1 N–H and O–H groups in total. The molecule has 0 bridgehead atoms. The highest BCUT2D eigenvalue weighted by atomic mass is 32.2. The molecular weight excluding hydrogens is 274 g/mol. The normalized spacial score (nSPS) is 14.8. The summed E-state index contributed by atoms with van der Waals surface area (Å²) < 4.78 is 31.3. The van der Waals surface area contributed by atoms with Crippen molar-refractivity contribution in [3.63, 3.8) is 0 Å². The van der Waals surface area contributed by atoms with Crippen LogP contribution in [0.1, 0.15) is 40.0 Å². The first-order valence-electron chi connectivity index (χ1n) is 7.11. The summed E-state index contributed by atoms with van der Waals surface area (Å²) in [5.74, 6) is 0. The topological polar surface area (TPSA) is 55.4 Å². The van der Waals surface area contributed by atoms with Crippen LogP contribution in [0.4, 0.5) is 0 Å². The summed E-state index contributed by atoms with van der Waals surface area (Å²) in [6.07, 6.45) is 11.8. The van der Waals surface area contributed by atoms with Gasteiger partial charge in [-0.25, -0.2) is 13.1 Å². The first-order valence-corrected chi connectivity index (χ1v) is 8.66. The predicted octanol–water partition coefficient (Wildman–Crippen LogP) is 3.15. The summed E-state index contributed by atoms with van der Waals surface area (Å²) >= 11 is 0. The van der Waals surface area contributed by atoms with Crippen LogP contribution >= 0.6 is 0 Å². The molecule has 5 heteroatoms. The summed E-state index contributed by atoms with van der Waals surface area (Å²) in [5.41, 5.74) is 0. The van der Waals surface area contributed by atoms with Crippen LogP contribution in [0.2, 0.25) is 0 Å². The van der Waals surface area contributed by atoms with Crippen molar-refractivity contribution in [3.8, 4) is 0 Å². The van der Waals surface area contributed by atoms with Gasteiger partial charge in [-0.2, -0.15) is 0 Å². The fourth-order valence-corrected chi connectivity index (χ4v) is 2.33. The van der Waals surface area contributed by atoms with Gasteiger partial charge in [0.2, 0.25) is 10.0 Å². The fraction of sp³-hybridized carbons (Fsp3) is 0.600. The maximum Gasteiger partial charge on any atom is 0.234 e. The van der Waals surface area contributed by atoms with Crippen molar-refractivity contribution in [3.05, 3.63) is 35.8 Å². The summed E-state index contributed by atoms with van der Waals surface area (Å²) in [6, 6.07) is -0.255. The fourth-order valence-electron chi connectivity index (χ4n) is 1.36. The van der Waals surface area contributed by atoms with Crippen LogP contribution in [0.3, 0.4) is 0 Å². The molecule has 0 heterocycles. The molecule has 0 unspecified atom stereocenters. The van der Waals surface area contributed by atoms with E-state index in [1.54, 1.807) is 19.1 Å². The molecule has 0 saturated carbocycles. The molecule has 0 aromatic rings.